The molecule has 0 bridgehead atoms. The Morgan fingerprint density at radius 2 is 1.79 bits per heavy atom. The summed E-state index contributed by atoms with van der Waals surface area (Å²) in [4.78, 5) is 53.7. The van der Waals surface area contributed by atoms with Gasteiger partial charge in [0.05, 0.1) is 24.0 Å². The van der Waals surface area contributed by atoms with E-state index in [4.69, 9.17) is 9.47 Å². The minimum atomic E-state index is -2.29. The lowest BCUT2D eigenvalue weighted by atomic mass is 9.58. The van der Waals surface area contributed by atoms with Crippen LogP contribution in [0.15, 0.2) is 47.6 Å². The summed E-state index contributed by atoms with van der Waals surface area (Å²) in [5.74, 6) is -7.62. The summed E-state index contributed by atoms with van der Waals surface area (Å²) in [5, 5.41) is 34.7. The van der Waals surface area contributed by atoms with Crippen LogP contribution in [0.4, 0.5) is 0 Å². The van der Waals surface area contributed by atoms with Gasteiger partial charge in [0.2, 0.25) is 0 Å². The van der Waals surface area contributed by atoms with E-state index in [0.717, 1.165) is 31.8 Å². The molecule has 0 aromatic rings. The fraction of sp³-hybridized carbons (Fsp3) is 0.647. The normalized spacial score (nSPS) is 37.9. The molecule has 4 rings (SSSR count). The number of allylic oxidation sites excluding steroid dienone is 3. The highest BCUT2D eigenvalue weighted by Gasteiger charge is 2.89. The van der Waals surface area contributed by atoms with E-state index >= 15 is 0 Å². The molecule has 0 amide bonds. The molecule has 0 aliphatic heterocycles. The first-order valence-electron chi connectivity index (χ1n) is 15.4. The summed E-state index contributed by atoms with van der Waals surface area (Å²) in [6.07, 6.45) is 12.0. The van der Waals surface area contributed by atoms with Crippen molar-refractivity contribution in [1.29, 1.82) is 0 Å². The molecule has 43 heavy (non-hydrogen) atoms. The summed E-state index contributed by atoms with van der Waals surface area (Å²) in [7, 11) is 0. The number of hydrogen-bond donors (Lipinski definition) is 3. The minimum absolute atomic E-state index is 0.201. The van der Waals surface area contributed by atoms with Crippen molar-refractivity contribution >= 4 is 23.5 Å². The molecule has 4 unspecified atom stereocenters. The fourth-order valence-electron chi connectivity index (χ4n) is 7.93. The molecule has 9 nitrogen and oxygen atoms in total. The standard InChI is InChI=1S/C34H46O9/c1-8-9-10-11-12-13-14-15-24(36)42-29-21(5)33(41)23-16-20(4)28(38)32(23,40)17-22(18-35)26(37)25(33)27-31(6,7)34(27,29)43-30(39)19(2)3/h12-17,19,21,23,25,27,29,35,40-41H,8-11,18H2,1-7H3/b13-12+,15-14-/t21-,23?,25?,27?,29+,32+,33-,34?/m0/s1. The van der Waals surface area contributed by atoms with Gasteiger partial charge in [-0.2, -0.15) is 0 Å². The molecule has 2 fully saturated rings. The van der Waals surface area contributed by atoms with Crippen LogP contribution in [-0.2, 0) is 28.7 Å². The van der Waals surface area contributed by atoms with Gasteiger partial charge in [-0.3, -0.25) is 14.4 Å². The number of aliphatic hydroxyl groups excluding tert-OH is 1. The van der Waals surface area contributed by atoms with E-state index in [9.17, 15) is 34.5 Å². The minimum Gasteiger partial charge on any atom is -0.455 e. The number of Topliss-reactive ketones (excluding diaryl/α,β-unsaturated/α-hetero) is 2. The van der Waals surface area contributed by atoms with E-state index in [1.54, 1.807) is 46.8 Å². The van der Waals surface area contributed by atoms with Gasteiger partial charge in [-0.05, 0) is 31.4 Å². The highest BCUT2D eigenvalue weighted by atomic mass is 16.6. The quantitative estimate of drug-likeness (QED) is 0.149. The largest absolute Gasteiger partial charge is 0.455 e. The molecule has 0 aromatic carbocycles. The lowest BCUT2D eigenvalue weighted by Gasteiger charge is -2.52. The third-order valence-corrected chi connectivity index (χ3v) is 10.3. The highest BCUT2D eigenvalue weighted by molar-refractivity contribution is 6.09. The Kier molecular flexibility index (Phi) is 8.88. The van der Waals surface area contributed by atoms with E-state index in [1.807, 2.05) is 6.08 Å². The Balaban J connectivity index is 1.82. The molecule has 4 aliphatic carbocycles. The van der Waals surface area contributed by atoms with Crippen LogP contribution in [0, 0.1) is 35.0 Å². The first-order chi connectivity index (χ1) is 20.1. The lowest BCUT2D eigenvalue weighted by Crippen LogP contribution is -2.67. The molecule has 0 radical (unpaired) electrons. The number of carbonyl (C=O) groups is 4. The molecular formula is C34H46O9. The van der Waals surface area contributed by atoms with Crippen LogP contribution in [-0.4, -0.2) is 68.3 Å². The summed E-state index contributed by atoms with van der Waals surface area (Å²) in [5.41, 5.74) is -6.84. The van der Waals surface area contributed by atoms with Crippen molar-refractivity contribution in [3.8, 4) is 0 Å². The lowest BCUT2D eigenvalue weighted by molar-refractivity contribution is -0.229. The molecule has 3 N–H and O–H groups in total. The van der Waals surface area contributed by atoms with Crippen molar-refractivity contribution in [3.63, 3.8) is 0 Å². The highest BCUT2D eigenvalue weighted by Crippen LogP contribution is 2.77. The Bertz CT molecular complexity index is 1300. The average molecular weight is 599 g/mol. The van der Waals surface area contributed by atoms with Gasteiger partial charge in [0.1, 0.15) is 6.10 Å². The van der Waals surface area contributed by atoms with Crippen molar-refractivity contribution in [3.05, 3.63) is 47.6 Å². The predicted molar refractivity (Wildman–Crippen MR) is 158 cm³/mol. The summed E-state index contributed by atoms with van der Waals surface area (Å²) in [6.45, 7) is 11.4. The van der Waals surface area contributed by atoms with Gasteiger partial charge in [0.25, 0.3) is 0 Å². The van der Waals surface area contributed by atoms with E-state index in [2.05, 4.69) is 6.92 Å². The van der Waals surface area contributed by atoms with Gasteiger partial charge in [0.15, 0.2) is 22.8 Å². The molecule has 4 aliphatic rings. The van der Waals surface area contributed by atoms with Gasteiger partial charge >= 0.3 is 11.9 Å². The predicted octanol–water partition coefficient (Wildman–Crippen LogP) is 3.56. The number of esters is 2. The van der Waals surface area contributed by atoms with Gasteiger partial charge in [-0.1, -0.05) is 78.7 Å². The SMILES string of the molecule is CCCCC/C=C/C=C\C(=O)O[C@@H]1[C@H](C)[C@@]2(O)C(C(=O)C(CO)=C[C@]3(O)C(=O)C(C)=CC23)C2C(C)(C)C21OC(=O)C(C)C. The summed E-state index contributed by atoms with van der Waals surface area (Å²) < 4.78 is 12.2. The smallest absolute Gasteiger partial charge is 0.331 e. The number of hydrogen-bond acceptors (Lipinski definition) is 9. The van der Waals surface area contributed by atoms with Crippen LogP contribution in [0.1, 0.15) is 74.1 Å². The third-order valence-electron chi connectivity index (χ3n) is 10.3. The maximum atomic E-state index is 14.1. The summed E-state index contributed by atoms with van der Waals surface area (Å²) in [6, 6.07) is 0. The molecule has 0 saturated heterocycles. The van der Waals surface area contributed by atoms with Gasteiger partial charge in [-0.15, -0.1) is 0 Å². The number of ketones is 2. The van der Waals surface area contributed by atoms with Gasteiger partial charge in [-0.25, -0.2) is 4.79 Å². The molecule has 8 atom stereocenters. The Morgan fingerprint density at radius 1 is 1.12 bits per heavy atom. The Labute approximate surface area is 253 Å². The van der Waals surface area contributed by atoms with Crippen LogP contribution in [0.2, 0.25) is 0 Å². The van der Waals surface area contributed by atoms with Crippen LogP contribution in [0.3, 0.4) is 0 Å². The zero-order chi connectivity index (χ0) is 32.1. The topological polar surface area (TPSA) is 147 Å². The molecule has 0 aromatic heterocycles. The van der Waals surface area contributed by atoms with Crippen molar-refractivity contribution in [2.45, 2.75) is 97.1 Å². The van der Waals surface area contributed by atoms with Gasteiger partial charge in [0, 0.05) is 34.8 Å². The maximum absolute atomic E-state index is 14.1. The molecule has 9 heteroatoms. The number of ether oxygens (including phenoxy) is 2. The second-order valence-corrected chi connectivity index (χ2v) is 13.5. The molecule has 236 valence electrons. The van der Waals surface area contributed by atoms with Crippen molar-refractivity contribution in [2.75, 3.05) is 6.61 Å². The first kappa shape index (κ1) is 33.0. The zero-order valence-corrected chi connectivity index (χ0v) is 26.3. The molecular weight excluding hydrogens is 552 g/mol. The van der Waals surface area contributed by atoms with E-state index in [-0.39, 0.29) is 11.1 Å². The second-order valence-electron chi connectivity index (χ2n) is 13.5. The number of unbranched alkanes of at least 4 members (excludes halogenated alkanes) is 3. The third kappa shape index (κ3) is 4.88. The zero-order valence-electron chi connectivity index (χ0n) is 26.3. The van der Waals surface area contributed by atoms with Crippen molar-refractivity contribution in [1.82, 2.24) is 0 Å². The molecule has 0 heterocycles. The Hall–Kier alpha value is -2.88. The number of fused-ring (bicyclic) bond motifs is 5. The van der Waals surface area contributed by atoms with Crippen LogP contribution in [0.5, 0.6) is 0 Å². The van der Waals surface area contributed by atoms with E-state index in [1.165, 1.54) is 19.1 Å². The first-order valence-corrected chi connectivity index (χ1v) is 15.4. The average Bonchev–Trinajstić information content (AvgIpc) is 3.35. The monoisotopic (exact) mass is 598 g/mol. The maximum Gasteiger partial charge on any atom is 0.331 e. The van der Waals surface area contributed by atoms with Gasteiger partial charge < -0.3 is 24.8 Å². The Morgan fingerprint density at radius 3 is 2.40 bits per heavy atom. The van der Waals surface area contributed by atoms with E-state index in [0.29, 0.717) is 0 Å². The summed E-state index contributed by atoms with van der Waals surface area (Å²) >= 11 is 0. The van der Waals surface area contributed by atoms with Crippen LogP contribution in [0.25, 0.3) is 0 Å². The van der Waals surface area contributed by atoms with Crippen molar-refractivity contribution < 1.29 is 44.0 Å². The molecule has 0 spiro atoms. The molecule has 2 saturated carbocycles. The number of aliphatic hydroxyl groups is 3. The number of carbonyl (C=O) groups excluding carboxylic acids is 4. The fourth-order valence-corrected chi connectivity index (χ4v) is 7.93. The number of rotatable bonds is 10. The second kappa shape index (κ2) is 11.6. The van der Waals surface area contributed by atoms with Crippen LogP contribution < -0.4 is 0 Å². The van der Waals surface area contributed by atoms with Crippen molar-refractivity contribution in [2.24, 2.45) is 35.0 Å². The van der Waals surface area contributed by atoms with E-state index < -0.39 is 88.0 Å². The van der Waals surface area contributed by atoms with Crippen LogP contribution >= 0.6 is 0 Å².